The predicted molar refractivity (Wildman–Crippen MR) is 134 cm³/mol. The number of hydrogen-bond donors (Lipinski definition) is 1. The first kappa shape index (κ1) is 25.5. The van der Waals surface area contributed by atoms with E-state index in [0.29, 0.717) is 36.6 Å². The molecule has 1 amide bonds. The van der Waals surface area contributed by atoms with Gasteiger partial charge in [-0.2, -0.15) is 9.98 Å². The molecule has 1 aromatic heterocycles. The van der Waals surface area contributed by atoms with Gasteiger partial charge in [-0.1, -0.05) is 50.7 Å². The number of aryl methyl sites for hydroxylation is 1. The van der Waals surface area contributed by atoms with E-state index in [-0.39, 0.29) is 24.7 Å². The molecule has 0 radical (unpaired) electrons. The van der Waals surface area contributed by atoms with Crippen LogP contribution in [0.25, 0.3) is 10.8 Å². The highest BCUT2D eigenvalue weighted by Crippen LogP contribution is 2.24. The highest BCUT2D eigenvalue weighted by Gasteiger charge is 2.31. The summed E-state index contributed by atoms with van der Waals surface area (Å²) >= 11 is 0. The second-order valence-corrected chi connectivity index (χ2v) is 10.3. The topological polar surface area (TPSA) is 95.2 Å². The number of carbonyl (C=O) groups excluding carboxylic acids is 1. The van der Waals surface area contributed by atoms with Gasteiger partial charge in [0.2, 0.25) is 15.9 Å². The lowest BCUT2D eigenvalue weighted by atomic mass is 9.98. The Morgan fingerprint density at radius 1 is 1.12 bits per heavy atom. The van der Waals surface area contributed by atoms with Crippen molar-refractivity contribution in [3.8, 4) is 6.07 Å². The molecule has 1 atom stereocenters. The van der Waals surface area contributed by atoms with Gasteiger partial charge in [0.25, 0.3) is 0 Å². The van der Waals surface area contributed by atoms with Crippen LogP contribution in [0.5, 0.6) is 0 Å². The fraction of sp³-hybridized carbons (Fsp3) is 0.385. The molecule has 1 unspecified atom stereocenters. The molecule has 2 heterocycles. The van der Waals surface area contributed by atoms with Crippen molar-refractivity contribution in [2.45, 2.75) is 51.1 Å². The molecule has 8 heteroatoms. The Hall–Kier alpha value is -3.15. The summed E-state index contributed by atoms with van der Waals surface area (Å²) in [5, 5.41) is 10.7. The average molecular weight is 481 g/mol. The molecule has 0 spiro atoms. The highest BCUT2D eigenvalue weighted by molar-refractivity contribution is 7.89. The number of fused-ring (bicyclic) bond motifs is 1. The molecule has 7 nitrogen and oxygen atoms in total. The quantitative estimate of drug-likeness (QED) is 0.550. The largest absolute Gasteiger partial charge is 0.341 e. The minimum absolute atomic E-state index is 0. The van der Waals surface area contributed by atoms with Gasteiger partial charge >= 0.3 is 0 Å². The SMILES string of the molecule is C.CC1CCN(C(=O)C(CCn2cccc2C#N)NS(=O)(=O)c2cccc3ccccc23)CC1. The number of likely N-dealkylation sites (tertiary alicyclic amines) is 1. The van der Waals surface area contributed by atoms with Crippen LogP contribution in [-0.2, 0) is 21.4 Å². The van der Waals surface area contributed by atoms with Crippen molar-refractivity contribution in [1.82, 2.24) is 14.2 Å². The second-order valence-electron chi connectivity index (χ2n) is 8.65. The van der Waals surface area contributed by atoms with Gasteiger partial charge in [0.15, 0.2) is 0 Å². The van der Waals surface area contributed by atoms with E-state index in [0.717, 1.165) is 18.2 Å². The van der Waals surface area contributed by atoms with Crippen LogP contribution in [0, 0.1) is 17.2 Å². The lowest BCUT2D eigenvalue weighted by molar-refractivity contribution is -0.134. The summed E-state index contributed by atoms with van der Waals surface area (Å²) in [6, 6.07) is 17.1. The summed E-state index contributed by atoms with van der Waals surface area (Å²) in [5.74, 6) is 0.342. The number of carbonyl (C=O) groups is 1. The van der Waals surface area contributed by atoms with E-state index in [4.69, 9.17) is 0 Å². The molecule has 180 valence electrons. The fourth-order valence-corrected chi connectivity index (χ4v) is 5.80. The number of nitriles is 1. The maximum Gasteiger partial charge on any atom is 0.241 e. The van der Waals surface area contributed by atoms with Crippen LogP contribution in [0.3, 0.4) is 0 Å². The van der Waals surface area contributed by atoms with Crippen LogP contribution >= 0.6 is 0 Å². The van der Waals surface area contributed by atoms with Crippen LogP contribution in [0.1, 0.15) is 39.3 Å². The lowest BCUT2D eigenvalue weighted by Gasteiger charge is -2.33. The van der Waals surface area contributed by atoms with Crippen molar-refractivity contribution < 1.29 is 13.2 Å². The van der Waals surface area contributed by atoms with E-state index < -0.39 is 16.1 Å². The van der Waals surface area contributed by atoms with E-state index in [9.17, 15) is 18.5 Å². The number of rotatable bonds is 7. The molecule has 1 N–H and O–H groups in total. The molecule has 1 fully saturated rings. The van der Waals surface area contributed by atoms with Crippen molar-refractivity contribution in [1.29, 1.82) is 5.26 Å². The molecule has 2 aromatic carbocycles. The number of benzene rings is 2. The highest BCUT2D eigenvalue weighted by atomic mass is 32.2. The molecule has 0 bridgehead atoms. The number of nitrogens with one attached hydrogen (secondary N) is 1. The molecule has 1 aliphatic heterocycles. The summed E-state index contributed by atoms with van der Waals surface area (Å²) in [7, 11) is -3.96. The maximum atomic E-state index is 13.4. The minimum Gasteiger partial charge on any atom is -0.341 e. The fourth-order valence-electron chi connectivity index (χ4n) is 4.34. The van der Waals surface area contributed by atoms with Gasteiger partial charge in [0.1, 0.15) is 17.8 Å². The minimum atomic E-state index is -3.96. The third kappa shape index (κ3) is 5.49. The number of amides is 1. The summed E-state index contributed by atoms with van der Waals surface area (Å²) in [4.78, 5) is 15.3. The molecular weight excluding hydrogens is 448 g/mol. The Bertz CT molecular complexity index is 1280. The zero-order valence-corrected chi connectivity index (χ0v) is 19.5. The molecule has 1 aliphatic rings. The number of aromatic nitrogens is 1. The molecular formula is C26H32N4O3S. The van der Waals surface area contributed by atoms with Crippen molar-refractivity contribution in [3.05, 3.63) is 66.5 Å². The van der Waals surface area contributed by atoms with E-state index in [2.05, 4.69) is 17.7 Å². The molecule has 34 heavy (non-hydrogen) atoms. The van der Waals surface area contributed by atoms with E-state index in [1.54, 1.807) is 52.1 Å². The normalized spacial score (nSPS) is 15.5. The maximum absolute atomic E-state index is 13.4. The predicted octanol–water partition coefficient (Wildman–Crippen LogP) is 4.14. The third-order valence-corrected chi connectivity index (χ3v) is 7.86. The number of nitrogens with zero attached hydrogens (tertiary/aromatic N) is 3. The van der Waals surface area contributed by atoms with Crippen molar-refractivity contribution in [3.63, 3.8) is 0 Å². The lowest BCUT2D eigenvalue weighted by Crippen LogP contribution is -2.50. The van der Waals surface area contributed by atoms with Crippen LogP contribution in [0.2, 0.25) is 0 Å². The Morgan fingerprint density at radius 3 is 2.56 bits per heavy atom. The standard InChI is InChI=1S/C25H28N4O3S.CH4/c1-19-11-15-29(16-12-19)25(30)23(13-17-28-14-5-8-21(28)18-26)27-33(31,32)24-10-4-7-20-6-2-3-9-22(20)24;/h2-10,14,19,23,27H,11-13,15-17H2,1H3;1H4. The van der Waals surface area contributed by atoms with Gasteiger partial charge in [-0.3, -0.25) is 4.79 Å². The van der Waals surface area contributed by atoms with E-state index in [1.807, 2.05) is 18.2 Å². The van der Waals surface area contributed by atoms with Crippen molar-refractivity contribution in [2.75, 3.05) is 13.1 Å². The zero-order chi connectivity index (χ0) is 23.4. The molecule has 4 rings (SSSR count). The molecule has 0 aliphatic carbocycles. The summed E-state index contributed by atoms with van der Waals surface area (Å²) in [6.07, 6.45) is 3.83. The first-order valence-electron chi connectivity index (χ1n) is 11.2. The van der Waals surface area contributed by atoms with Gasteiger partial charge in [-0.25, -0.2) is 8.42 Å². The molecule has 3 aromatic rings. The molecule has 1 saturated heterocycles. The Labute approximate surface area is 202 Å². The van der Waals surface area contributed by atoms with Gasteiger partial charge in [0.05, 0.1) is 4.90 Å². The summed E-state index contributed by atoms with van der Waals surface area (Å²) in [6.45, 7) is 3.77. The zero-order valence-electron chi connectivity index (χ0n) is 18.6. The second kappa shape index (κ2) is 10.9. The van der Waals surface area contributed by atoms with E-state index >= 15 is 0 Å². The van der Waals surface area contributed by atoms with Crippen LogP contribution in [0.15, 0.2) is 65.7 Å². The van der Waals surface area contributed by atoms with Crippen LogP contribution in [0.4, 0.5) is 0 Å². The summed E-state index contributed by atoms with van der Waals surface area (Å²) in [5.41, 5.74) is 0.477. The number of hydrogen-bond acceptors (Lipinski definition) is 4. The smallest absolute Gasteiger partial charge is 0.241 e. The van der Waals surface area contributed by atoms with Crippen molar-refractivity contribution >= 4 is 26.7 Å². The Balaban J connectivity index is 0.00000324. The van der Waals surface area contributed by atoms with Gasteiger partial charge in [-0.15, -0.1) is 0 Å². The van der Waals surface area contributed by atoms with Crippen LogP contribution < -0.4 is 4.72 Å². The Morgan fingerprint density at radius 2 is 1.82 bits per heavy atom. The summed E-state index contributed by atoms with van der Waals surface area (Å²) < 4.78 is 31.3. The average Bonchev–Trinajstić information content (AvgIpc) is 3.29. The first-order valence-corrected chi connectivity index (χ1v) is 12.7. The van der Waals surface area contributed by atoms with Crippen LogP contribution in [-0.4, -0.2) is 42.9 Å². The Kier molecular flexibility index (Phi) is 8.13. The van der Waals surface area contributed by atoms with E-state index in [1.165, 1.54) is 0 Å². The third-order valence-electron chi connectivity index (χ3n) is 6.33. The van der Waals surface area contributed by atoms with Gasteiger partial charge < -0.3 is 9.47 Å². The van der Waals surface area contributed by atoms with Gasteiger partial charge in [-0.05, 0) is 48.8 Å². The van der Waals surface area contributed by atoms with Gasteiger partial charge in [0, 0.05) is 31.2 Å². The number of piperidine rings is 1. The molecule has 0 saturated carbocycles. The van der Waals surface area contributed by atoms with Crippen molar-refractivity contribution in [2.24, 2.45) is 5.92 Å². The number of sulfonamides is 1. The first-order chi connectivity index (χ1) is 15.9. The monoisotopic (exact) mass is 480 g/mol.